The van der Waals surface area contributed by atoms with Crippen LogP contribution < -0.4 is 10.1 Å². The van der Waals surface area contributed by atoms with Gasteiger partial charge in [0.25, 0.3) is 5.91 Å². The summed E-state index contributed by atoms with van der Waals surface area (Å²) in [6.45, 7) is 3.60. The van der Waals surface area contributed by atoms with Gasteiger partial charge in [0.15, 0.2) is 6.10 Å². The molecule has 4 nitrogen and oxygen atoms in total. The number of aryl methyl sites for hydroxylation is 1. The molecule has 0 saturated heterocycles. The van der Waals surface area contributed by atoms with Gasteiger partial charge in [0, 0.05) is 16.6 Å². The molecule has 0 unspecified atom stereocenters. The maximum atomic E-state index is 12.4. The van der Waals surface area contributed by atoms with Gasteiger partial charge < -0.3 is 10.1 Å². The molecule has 1 aromatic heterocycles. The van der Waals surface area contributed by atoms with Gasteiger partial charge in [-0.15, -0.1) is 0 Å². The van der Waals surface area contributed by atoms with Gasteiger partial charge in [0.1, 0.15) is 5.75 Å². The van der Waals surface area contributed by atoms with Gasteiger partial charge in [-0.05, 0) is 49.7 Å². The van der Waals surface area contributed by atoms with E-state index < -0.39 is 6.10 Å². The standard InChI is InChI=1S/C19H17ClN2O2/c1-12-11-15(8-9-16(12)20)24-13(2)19(23)22-17-7-3-5-14-6-4-10-21-18(14)17/h3-11,13H,1-2H3,(H,22,23)/t13-/m0/s1. The number of hydrogen-bond acceptors (Lipinski definition) is 3. The number of aromatic nitrogens is 1. The molecule has 0 fully saturated rings. The highest BCUT2D eigenvalue weighted by atomic mass is 35.5. The number of nitrogens with one attached hydrogen (secondary N) is 1. The zero-order chi connectivity index (χ0) is 17.1. The summed E-state index contributed by atoms with van der Waals surface area (Å²) in [5.41, 5.74) is 2.32. The molecule has 122 valence electrons. The van der Waals surface area contributed by atoms with E-state index in [9.17, 15) is 4.79 Å². The van der Waals surface area contributed by atoms with Crippen LogP contribution in [-0.4, -0.2) is 17.0 Å². The molecule has 5 heteroatoms. The molecule has 0 aliphatic rings. The van der Waals surface area contributed by atoms with Crippen molar-refractivity contribution in [3.8, 4) is 5.75 Å². The molecule has 24 heavy (non-hydrogen) atoms. The molecule has 3 rings (SSSR count). The van der Waals surface area contributed by atoms with Crippen LogP contribution in [0.3, 0.4) is 0 Å². The van der Waals surface area contributed by atoms with Crippen LogP contribution in [-0.2, 0) is 4.79 Å². The Labute approximate surface area is 145 Å². The van der Waals surface area contributed by atoms with Crippen molar-refractivity contribution in [3.05, 3.63) is 65.3 Å². The fourth-order valence-corrected chi connectivity index (χ4v) is 2.51. The molecule has 0 bridgehead atoms. The lowest BCUT2D eigenvalue weighted by molar-refractivity contribution is -0.122. The molecule has 0 radical (unpaired) electrons. The van der Waals surface area contributed by atoms with E-state index in [1.165, 1.54) is 0 Å². The van der Waals surface area contributed by atoms with Crippen molar-refractivity contribution in [1.29, 1.82) is 0 Å². The third-order valence-corrected chi connectivity index (χ3v) is 4.13. The number of halogens is 1. The maximum absolute atomic E-state index is 12.4. The number of carbonyl (C=O) groups is 1. The number of fused-ring (bicyclic) bond motifs is 1. The number of ether oxygens (including phenoxy) is 1. The second-order valence-electron chi connectivity index (χ2n) is 5.54. The molecule has 3 aromatic rings. The lowest BCUT2D eigenvalue weighted by atomic mass is 10.2. The van der Waals surface area contributed by atoms with Crippen molar-refractivity contribution in [2.45, 2.75) is 20.0 Å². The first-order valence-corrected chi connectivity index (χ1v) is 8.00. The van der Waals surface area contributed by atoms with Gasteiger partial charge in [0.05, 0.1) is 11.2 Å². The smallest absolute Gasteiger partial charge is 0.265 e. The van der Waals surface area contributed by atoms with Gasteiger partial charge in [-0.2, -0.15) is 0 Å². The van der Waals surface area contributed by atoms with Crippen LogP contribution in [0, 0.1) is 6.92 Å². The lowest BCUT2D eigenvalue weighted by Crippen LogP contribution is -2.30. The van der Waals surface area contributed by atoms with Gasteiger partial charge >= 0.3 is 0 Å². The van der Waals surface area contributed by atoms with E-state index in [0.29, 0.717) is 16.5 Å². The third kappa shape index (κ3) is 3.49. The normalized spacial score (nSPS) is 12.0. The minimum Gasteiger partial charge on any atom is -0.481 e. The fourth-order valence-electron chi connectivity index (χ4n) is 2.39. The van der Waals surface area contributed by atoms with Crippen molar-refractivity contribution >= 4 is 34.1 Å². The SMILES string of the molecule is Cc1cc(O[C@@H](C)C(=O)Nc2cccc3cccnc23)ccc1Cl. The second kappa shape index (κ2) is 6.89. The number of hydrogen-bond donors (Lipinski definition) is 1. The Kier molecular flexibility index (Phi) is 4.67. The molecular formula is C19H17ClN2O2. The van der Waals surface area contributed by atoms with Gasteiger partial charge in [0.2, 0.25) is 0 Å². The molecule has 0 spiro atoms. The molecule has 0 aliphatic carbocycles. The number of anilines is 1. The summed E-state index contributed by atoms with van der Waals surface area (Å²) >= 11 is 6.00. The summed E-state index contributed by atoms with van der Waals surface area (Å²) in [5.74, 6) is 0.372. The predicted molar refractivity (Wildman–Crippen MR) is 96.7 cm³/mol. The highest BCUT2D eigenvalue weighted by Gasteiger charge is 2.16. The van der Waals surface area contributed by atoms with E-state index in [0.717, 1.165) is 16.5 Å². The van der Waals surface area contributed by atoms with Crippen LogP contribution in [0.4, 0.5) is 5.69 Å². The molecule has 1 amide bonds. The maximum Gasteiger partial charge on any atom is 0.265 e. The first-order chi connectivity index (χ1) is 11.5. The minimum atomic E-state index is -0.649. The molecular weight excluding hydrogens is 324 g/mol. The number of rotatable bonds is 4. The number of carbonyl (C=O) groups excluding carboxylic acids is 1. The Morgan fingerprint density at radius 1 is 1.21 bits per heavy atom. The average molecular weight is 341 g/mol. The average Bonchev–Trinajstić information content (AvgIpc) is 2.58. The van der Waals surface area contributed by atoms with Crippen molar-refractivity contribution in [2.24, 2.45) is 0 Å². The summed E-state index contributed by atoms with van der Waals surface area (Å²) < 4.78 is 5.71. The number of para-hydroxylation sites is 1. The van der Waals surface area contributed by atoms with Crippen LogP contribution in [0.25, 0.3) is 10.9 Å². The molecule has 0 saturated carbocycles. The molecule has 1 heterocycles. The number of amides is 1. The van der Waals surface area contributed by atoms with E-state index in [-0.39, 0.29) is 5.91 Å². The fraction of sp³-hybridized carbons (Fsp3) is 0.158. The Morgan fingerprint density at radius 3 is 2.79 bits per heavy atom. The molecule has 2 aromatic carbocycles. The lowest BCUT2D eigenvalue weighted by Gasteiger charge is -2.16. The van der Waals surface area contributed by atoms with Crippen LogP contribution in [0.5, 0.6) is 5.75 Å². The Morgan fingerprint density at radius 2 is 2.00 bits per heavy atom. The van der Waals surface area contributed by atoms with Crippen molar-refractivity contribution < 1.29 is 9.53 Å². The second-order valence-corrected chi connectivity index (χ2v) is 5.95. The number of pyridine rings is 1. The van der Waals surface area contributed by atoms with Crippen LogP contribution >= 0.6 is 11.6 Å². The highest BCUT2D eigenvalue weighted by Crippen LogP contribution is 2.23. The van der Waals surface area contributed by atoms with E-state index in [1.807, 2.05) is 43.3 Å². The third-order valence-electron chi connectivity index (χ3n) is 3.70. The predicted octanol–water partition coefficient (Wildman–Crippen LogP) is 4.60. The van der Waals surface area contributed by atoms with E-state index in [4.69, 9.17) is 16.3 Å². The minimum absolute atomic E-state index is 0.235. The van der Waals surface area contributed by atoms with E-state index >= 15 is 0 Å². The highest BCUT2D eigenvalue weighted by molar-refractivity contribution is 6.31. The van der Waals surface area contributed by atoms with Crippen molar-refractivity contribution in [1.82, 2.24) is 4.98 Å². The Balaban J connectivity index is 1.75. The topological polar surface area (TPSA) is 51.2 Å². The summed E-state index contributed by atoms with van der Waals surface area (Å²) in [4.78, 5) is 16.8. The number of nitrogens with zero attached hydrogens (tertiary/aromatic N) is 1. The summed E-state index contributed by atoms with van der Waals surface area (Å²) in [7, 11) is 0. The summed E-state index contributed by atoms with van der Waals surface area (Å²) in [6.07, 6.45) is 1.05. The molecule has 1 N–H and O–H groups in total. The monoisotopic (exact) mass is 340 g/mol. The van der Waals surface area contributed by atoms with Gasteiger partial charge in [-0.1, -0.05) is 29.8 Å². The molecule has 1 atom stereocenters. The molecule has 0 aliphatic heterocycles. The first-order valence-electron chi connectivity index (χ1n) is 7.62. The van der Waals surface area contributed by atoms with Crippen LogP contribution in [0.2, 0.25) is 5.02 Å². The summed E-state index contributed by atoms with van der Waals surface area (Å²) in [5, 5.41) is 4.52. The quantitative estimate of drug-likeness (QED) is 0.755. The summed E-state index contributed by atoms with van der Waals surface area (Å²) in [6, 6.07) is 14.8. The first kappa shape index (κ1) is 16.3. The van der Waals surface area contributed by atoms with Gasteiger partial charge in [-0.3, -0.25) is 9.78 Å². The van der Waals surface area contributed by atoms with Crippen LogP contribution in [0.1, 0.15) is 12.5 Å². The van der Waals surface area contributed by atoms with Crippen molar-refractivity contribution in [2.75, 3.05) is 5.32 Å². The largest absolute Gasteiger partial charge is 0.481 e. The van der Waals surface area contributed by atoms with Gasteiger partial charge in [-0.25, -0.2) is 0 Å². The van der Waals surface area contributed by atoms with E-state index in [2.05, 4.69) is 10.3 Å². The van der Waals surface area contributed by atoms with Crippen molar-refractivity contribution in [3.63, 3.8) is 0 Å². The zero-order valence-corrected chi connectivity index (χ0v) is 14.2. The van der Waals surface area contributed by atoms with E-state index in [1.54, 1.807) is 25.3 Å². The van der Waals surface area contributed by atoms with Crippen LogP contribution in [0.15, 0.2) is 54.7 Å². The number of benzene rings is 2. The zero-order valence-electron chi connectivity index (χ0n) is 13.4. The Hall–Kier alpha value is -2.59. The Bertz CT molecular complexity index is 890.